The first-order valence-corrected chi connectivity index (χ1v) is 7.50. The van der Waals surface area contributed by atoms with E-state index in [2.05, 4.69) is 26.1 Å². The van der Waals surface area contributed by atoms with Crippen LogP contribution in [0.25, 0.3) is 0 Å². The minimum Gasteiger partial charge on any atom is -0.372 e. The predicted octanol–water partition coefficient (Wildman–Crippen LogP) is 1.53. The summed E-state index contributed by atoms with van der Waals surface area (Å²) >= 11 is 0. The maximum atomic E-state index is 11.6. The number of amides is 2. The highest BCUT2D eigenvalue weighted by atomic mass is 16.5. The SMILES string of the molecule is CCOCC(=O)N[C@H](Cc1ccc(C(C)(C)C)cc1)C(N)=O. The van der Waals surface area contributed by atoms with Crippen LogP contribution in [0.4, 0.5) is 0 Å². The first-order chi connectivity index (χ1) is 10.2. The van der Waals surface area contributed by atoms with Crippen LogP contribution in [-0.4, -0.2) is 31.1 Å². The standard InChI is InChI=1S/C17H26N2O3/c1-5-22-11-15(20)19-14(16(18)21)10-12-6-8-13(9-7-12)17(2,3)4/h6-9,14H,5,10-11H2,1-4H3,(H2,18,21)(H,19,20)/t14-/m1/s1. The quantitative estimate of drug-likeness (QED) is 0.801. The number of hydrogen-bond acceptors (Lipinski definition) is 3. The second-order valence-electron chi connectivity index (χ2n) is 6.31. The van der Waals surface area contributed by atoms with Gasteiger partial charge in [-0.1, -0.05) is 45.0 Å². The van der Waals surface area contributed by atoms with Crippen molar-refractivity contribution in [2.45, 2.75) is 45.6 Å². The molecule has 1 atom stereocenters. The van der Waals surface area contributed by atoms with Crippen LogP contribution in [0.15, 0.2) is 24.3 Å². The van der Waals surface area contributed by atoms with Gasteiger partial charge >= 0.3 is 0 Å². The Labute approximate surface area is 132 Å². The molecule has 0 bridgehead atoms. The molecule has 0 aromatic heterocycles. The summed E-state index contributed by atoms with van der Waals surface area (Å²) in [6.45, 7) is 8.61. The van der Waals surface area contributed by atoms with E-state index in [0.29, 0.717) is 13.0 Å². The van der Waals surface area contributed by atoms with Crippen LogP contribution >= 0.6 is 0 Å². The van der Waals surface area contributed by atoms with Gasteiger partial charge in [-0.05, 0) is 23.5 Å². The highest BCUT2D eigenvalue weighted by Gasteiger charge is 2.19. The van der Waals surface area contributed by atoms with Gasteiger partial charge in [-0.3, -0.25) is 9.59 Å². The minimum atomic E-state index is -0.728. The van der Waals surface area contributed by atoms with Crippen LogP contribution < -0.4 is 11.1 Å². The molecule has 0 heterocycles. The van der Waals surface area contributed by atoms with E-state index in [1.54, 1.807) is 6.92 Å². The fraction of sp³-hybridized carbons (Fsp3) is 0.529. The van der Waals surface area contributed by atoms with E-state index in [1.165, 1.54) is 5.56 Å². The third-order valence-electron chi connectivity index (χ3n) is 3.38. The average molecular weight is 306 g/mol. The third kappa shape index (κ3) is 5.85. The van der Waals surface area contributed by atoms with Crippen LogP contribution in [-0.2, 0) is 26.2 Å². The van der Waals surface area contributed by atoms with Crippen LogP contribution in [0.5, 0.6) is 0 Å². The molecular formula is C17H26N2O3. The van der Waals surface area contributed by atoms with Crippen molar-refractivity contribution >= 4 is 11.8 Å². The van der Waals surface area contributed by atoms with Crippen molar-refractivity contribution in [3.8, 4) is 0 Å². The van der Waals surface area contributed by atoms with Crippen LogP contribution in [0.3, 0.4) is 0 Å². The smallest absolute Gasteiger partial charge is 0.246 e. The summed E-state index contributed by atoms with van der Waals surface area (Å²) < 4.78 is 5.02. The summed E-state index contributed by atoms with van der Waals surface area (Å²) in [5, 5.41) is 2.61. The zero-order valence-corrected chi connectivity index (χ0v) is 13.8. The molecule has 22 heavy (non-hydrogen) atoms. The second kappa shape index (κ2) is 7.94. The molecule has 5 heteroatoms. The Kier molecular flexibility index (Phi) is 6.56. The number of primary amides is 1. The number of carbonyl (C=O) groups excluding carboxylic acids is 2. The molecule has 1 rings (SSSR count). The molecule has 0 spiro atoms. The van der Waals surface area contributed by atoms with E-state index in [1.807, 2.05) is 24.3 Å². The predicted molar refractivity (Wildman–Crippen MR) is 86.5 cm³/mol. The van der Waals surface area contributed by atoms with Gasteiger partial charge < -0.3 is 15.8 Å². The van der Waals surface area contributed by atoms with Crippen LogP contribution in [0.1, 0.15) is 38.8 Å². The highest BCUT2D eigenvalue weighted by molar-refractivity contribution is 5.87. The van der Waals surface area contributed by atoms with E-state index in [4.69, 9.17) is 10.5 Å². The van der Waals surface area contributed by atoms with Crippen molar-refractivity contribution < 1.29 is 14.3 Å². The van der Waals surface area contributed by atoms with Gasteiger partial charge in [0, 0.05) is 13.0 Å². The lowest BCUT2D eigenvalue weighted by Crippen LogP contribution is -2.47. The largest absolute Gasteiger partial charge is 0.372 e. The van der Waals surface area contributed by atoms with Crippen molar-refractivity contribution in [3.05, 3.63) is 35.4 Å². The van der Waals surface area contributed by atoms with Gasteiger partial charge in [-0.25, -0.2) is 0 Å². The molecular weight excluding hydrogens is 280 g/mol. The van der Waals surface area contributed by atoms with Gasteiger partial charge in [0.1, 0.15) is 12.6 Å². The number of hydrogen-bond donors (Lipinski definition) is 2. The van der Waals surface area contributed by atoms with Crippen molar-refractivity contribution in [2.24, 2.45) is 5.73 Å². The van der Waals surface area contributed by atoms with Crippen LogP contribution in [0.2, 0.25) is 0 Å². The van der Waals surface area contributed by atoms with Gasteiger partial charge in [0.2, 0.25) is 11.8 Å². The van der Waals surface area contributed by atoms with E-state index in [-0.39, 0.29) is 17.9 Å². The van der Waals surface area contributed by atoms with Crippen molar-refractivity contribution in [2.75, 3.05) is 13.2 Å². The molecule has 1 aromatic carbocycles. The summed E-state index contributed by atoms with van der Waals surface area (Å²) in [5.74, 6) is -0.887. The summed E-state index contributed by atoms with van der Waals surface area (Å²) in [6, 6.07) is 7.27. The number of benzene rings is 1. The molecule has 0 saturated heterocycles. The highest BCUT2D eigenvalue weighted by Crippen LogP contribution is 2.22. The number of ether oxygens (including phenoxy) is 1. The van der Waals surface area contributed by atoms with Gasteiger partial charge in [0.05, 0.1) is 0 Å². The van der Waals surface area contributed by atoms with Gasteiger partial charge in [0.15, 0.2) is 0 Å². The summed E-state index contributed by atoms with van der Waals surface area (Å²) in [6.07, 6.45) is 0.373. The van der Waals surface area contributed by atoms with Crippen molar-refractivity contribution in [1.29, 1.82) is 0 Å². The number of nitrogens with two attached hydrogens (primary N) is 1. The molecule has 0 radical (unpaired) electrons. The topological polar surface area (TPSA) is 81.4 Å². The van der Waals surface area contributed by atoms with Gasteiger partial charge in [0.25, 0.3) is 0 Å². The maximum absolute atomic E-state index is 11.6. The normalized spacial score (nSPS) is 12.7. The third-order valence-corrected chi connectivity index (χ3v) is 3.38. The molecule has 0 aliphatic heterocycles. The molecule has 2 amide bonds. The Hall–Kier alpha value is -1.88. The number of rotatable bonds is 7. The zero-order chi connectivity index (χ0) is 16.8. The summed E-state index contributed by atoms with van der Waals surface area (Å²) in [7, 11) is 0. The molecule has 0 fully saturated rings. The Balaban J connectivity index is 2.71. The Morgan fingerprint density at radius 2 is 1.82 bits per heavy atom. The van der Waals surface area contributed by atoms with Crippen molar-refractivity contribution in [1.82, 2.24) is 5.32 Å². The van der Waals surface area contributed by atoms with Crippen LogP contribution in [0, 0.1) is 0 Å². The lowest BCUT2D eigenvalue weighted by atomic mass is 9.86. The average Bonchev–Trinajstić information content (AvgIpc) is 2.44. The molecule has 5 nitrogen and oxygen atoms in total. The second-order valence-corrected chi connectivity index (χ2v) is 6.31. The molecule has 1 aromatic rings. The van der Waals surface area contributed by atoms with E-state index < -0.39 is 11.9 Å². The van der Waals surface area contributed by atoms with Crippen molar-refractivity contribution in [3.63, 3.8) is 0 Å². The molecule has 122 valence electrons. The molecule has 0 unspecified atom stereocenters. The zero-order valence-electron chi connectivity index (χ0n) is 13.8. The first kappa shape index (κ1) is 18.2. The molecule has 0 aliphatic carbocycles. The number of nitrogens with one attached hydrogen (secondary N) is 1. The fourth-order valence-electron chi connectivity index (χ4n) is 2.03. The summed E-state index contributed by atoms with van der Waals surface area (Å²) in [4.78, 5) is 23.2. The Morgan fingerprint density at radius 3 is 2.27 bits per heavy atom. The van der Waals surface area contributed by atoms with E-state index in [0.717, 1.165) is 5.56 Å². The maximum Gasteiger partial charge on any atom is 0.246 e. The molecule has 3 N–H and O–H groups in total. The molecule has 0 aliphatic rings. The summed E-state index contributed by atoms with van der Waals surface area (Å²) in [5.41, 5.74) is 7.61. The fourth-order valence-corrected chi connectivity index (χ4v) is 2.03. The first-order valence-electron chi connectivity index (χ1n) is 7.50. The number of carbonyl (C=O) groups is 2. The van der Waals surface area contributed by atoms with Gasteiger partial charge in [-0.2, -0.15) is 0 Å². The Morgan fingerprint density at radius 1 is 1.23 bits per heavy atom. The van der Waals surface area contributed by atoms with Gasteiger partial charge in [-0.15, -0.1) is 0 Å². The lowest BCUT2D eigenvalue weighted by Gasteiger charge is -2.20. The minimum absolute atomic E-state index is 0.0662. The Bertz CT molecular complexity index is 504. The lowest BCUT2D eigenvalue weighted by molar-refractivity contribution is -0.130. The van der Waals surface area contributed by atoms with E-state index >= 15 is 0 Å². The monoisotopic (exact) mass is 306 g/mol. The molecule has 0 saturated carbocycles. The van der Waals surface area contributed by atoms with E-state index in [9.17, 15) is 9.59 Å².